The Labute approximate surface area is 209 Å². The second-order valence-corrected chi connectivity index (χ2v) is 9.63. The number of rotatable bonds is 3. The summed E-state index contributed by atoms with van der Waals surface area (Å²) < 4.78 is 45.4. The summed E-state index contributed by atoms with van der Waals surface area (Å²) in [5, 5.41) is 9.81. The van der Waals surface area contributed by atoms with Gasteiger partial charge in [0, 0.05) is 49.7 Å². The fourth-order valence-electron chi connectivity index (χ4n) is 5.32. The smallest absolute Gasteiger partial charge is 0.416 e. The molecule has 1 unspecified atom stereocenters. The Balaban J connectivity index is 1.17. The molecular formula is C27H23F3N4O3. The van der Waals surface area contributed by atoms with Crippen LogP contribution in [0.1, 0.15) is 36.3 Å². The van der Waals surface area contributed by atoms with Gasteiger partial charge < -0.3 is 19.7 Å². The number of anilines is 1. The number of aliphatic carboxylic acids is 1. The number of aromatic amines is 1. The summed E-state index contributed by atoms with van der Waals surface area (Å²) in [7, 11) is 0. The maximum atomic E-state index is 13.0. The summed E-state index contributed by atoms with van der Waals surface area (Å²) in [5.41, 5.74) is 0.883. The molecule has 1 atom stereocenters. The minimum atomic E-state index is -4.42. The first-order chi connectivity index (χ1) is 17.7. The van der Waals surface area contributed by atoms with Crippen LogP contribution >= 0.6 is 0 Å². The number of alkyl halides is 3. The number of carbonyl (C=O) groups is 1. The molecule has 6 rings (SSSR count). The molecule has 2 aliphatic rings. The summed E-state index contributed by atoms with van der Waals surface area (Å²) in [5.74, 6) is 0.422. The standard InChI is InChI=1S/C27H23F3N4O3/c28-27(29,30)17-6-7-20-21(13-17)33-24(32-20)16-5-8-23(31-15-16)34-11-9-26(10-12-34)14-19(25(35)36)18-3-1-2-4-22(18)37-26/h1-8,13,15,19H,9-12,14H2,(H,32,33)(H,35,36). The molecule has 2 aliphatic heterocycles. The molecule has 0 amide bonds. The summed E-state index contributed by atoms with van der Waals surface area (Å²) in [6.45, 7) is 1.32. The van der Waals surface area contributed by atoms with Crippen molar-refractivity contribution in [2.45, 2.75) is 37.0 Å². The normalized spacial score (nSPS) is 19.0. The minimum absolute atomic E-state index is 0.309. The van der Waals surface area contributed by atoms with E-state index in [1.165, 1.54) is 6.07 Å². The fraction of sp³-hybridized carbons (Fsp3) is 0.296. The van der Waals surface area contributed by atoms with Gasteiger partial charge in [-0.05, 0) is 36.4 Å². The number of nitrogens with one attached hydrogen (secondary N) is 1. The molecule has 10 heteroatoms. The third-order valence-electron chi connectivity index (χ3n) is 7.32. The number of ether oxygens (including phenoxy) is 1. The summed E-state index contributed by atoms with van der Waals surface area (Å²) in [4.78, 5) is 26.0. The lowest BCUT2D eigenvalue weighted by Crippen LogP contribution is -2.51. The molecule has 4 aromatic rings. The molecule has 2 aromatic heterocycles. The van der Waals surface area contributed by atoms with Gasteiger partial charge in [-0.25, -0.2) is 9.97 Å². The third-order valence-corrected chi connectivity index (χ3v) is 7.32. The van der Waals surface area contributed by atoms with Crippen LogP contribution < -0.4 is 9.64 Å². The van der Waals surface area contributed by atoms with E-state index in [0.29, 0.717) is 60.5 Å². The van der Waals surface area contributed by atoms with Gasteiger partial charge in [-0.15, -0.1) is 0 Å². The Morgan fingerprint density at radius 3 is 2.59 bits per heavy atom. The lowest BCUT2D eigenvalue weighted by atomic mass is 9.77. The van der Waals surface area contributed by atoms with Crippen molar-refractivity contribution in [3.05, 3.63) is 71.9 Å². The topological polar surface area (TPSA) is 91.3 Å². The van der Waals surface area contributed by atoms with Crippen LogP contribution in [0.3, 0.4) is 0 Å². The lowest BCUT2D eigenvalue weighted by Gasteiger charge is -2.46. The zero-order valence-electron chi connectivity index (χ0n) is 19.6. The number of benzene rings is 2. The van der Waals surface area contributed by atoms with Gasteiger partial charge in [0.1, 0.15) is 23.0 Å². The van der Waals surface area contributed by atoms with Gasteiger partial charge in [0.25, 0.3) is 0 Å². The predicted octanol–water partition coefficient (Wildman–Crippen LogP) is 5.63. The van der Waals surface area contributed by atoms with Gasteiger partial charge in [0.05, 0.1) is 22.5 Å². The number of fused-ring (bicyclic) bond motifs is 2. The zero-order chi connectivity index (χ0) is 25.8. The number of imidazole rings is 1. The molecule has 0 saturated carbocycles. The van der Waals surface area contributed by atoms with Crippen LogP contribution in [0.5, 0.6) is 5.75 Å². The molecule has 1 fully saturated rings. The van der Waals surface area contributed by atoms with Gasteiger partial charge in [0.2, 0.25) is 0 Å². The number of nitrogens with zero attached hydrogens (tertiary/aromatic N) is 3. The molecule has 1 spiro atoms. The van der Waals surface area contributed by atoms with E-state index in [2.05, 4.69) is 19.9 Å². The van der Waals surface area contributed by atoms with Gasteiger partial charge in [-0.3, -0.25) is 4.79 Å². The van der Waals surface area contributed by atoms with E-state index in [1.54, 1.807) is 6.20 Å². The van der Waals surface area contributed by atoms with Gasteiger partial charge in [-0.1, -0.05) is 18.2 Å². The highest BCUT2D eigenvalue weighted by molar-refractivity contribution is 5.80. The number of aromatic nitrogens is 3. The highest BCUT2D eigenvalue weighted by Gasteiger charge is 2.45. The Bertz CT molecular complexity index is 1470. The van der Waals surface area contributed by atoms with Crippen molar-refractivity contribution in [2.75, 3.05) is 18.0 Å². The molecule has 37 heavy (non-hydrogen) atoms. The van der Waals surface area contributed by atoms with Gasteiger partial charge in [-0.2, -0.15) is 13.2 Å². The first-order valence-electron chi connectivity index (χ1n) is 12.0. The molecule has 7 nitrogen and oxygen atoms in total. The van der Waals surface area contributed by atoms with Crippen molar-refractivity contribution in [3.8, 4) is 17.1 Å². The maximum absolute atomic E-state index is 13.0. The van der Waals surface area contributed by atoms with Crippen LogP contribution in [0, 0.1) is 0 Å². The number of pyridine rings is 1. The molecule has 190 valence electrons. The highest BCUT2D eigenvalue weighted by atomic mass is 19.4. The van der Waals surface area contributed by atoms with Crippen LogP contribution in [0.15, 0.2) is 60.8 Å². The monoisotopic (exact) mass is 508 g/mol. The van der Waals surface area contributed by atoms with E-state index in [1.807, 2.05) is 36.4 Å². The van der Waals surface area contributed by atoms with Crippen molar-refractivity contribution in [3.63, 3.8) is 0 Å². The van der Waals surface area contributed by atoms with Crippen molar-refractivity contribution in [1.82, 2.24) is 15.0 Å². The van der Waals surface area contributed by atoms with Gasteiger partial charge in [0.15, 0.2) is 0 Å². The summed E-state index contributed by atoms with van der Waals surface area (Å²) in [6.07, 6.45) is -1.01. The first kappa shape index (κ1) is 23.3. The molecule has 2 N–H and O–H groups in total. The van der Waals surface area contributed by atoms with Crippen LogP contribution in [0.25, 0.3) is 22.4 Å². The third kappa shape index (κ3) is 4.26. The first-order valence-corrected chi connectivity index (χ1v) is 12.0. The lowest BCUT2D eigenvalue weighted by molar-refractivity contribution is -0.141. The average Bonchev–Trinajstić information content (AvgIpc) is 3.32. The summed E-state index contributed by atoms with van der Waals surface area (Å²) >= 11 is 0. The molecular weight excluding hydrogens is 485 g/mol. The molecule has 2 aromatic carbocycles. The maximum Gasteiger partial charge on any atom is 0.416 e. The Morgan fingerprint density at radius 1 is 1.11 bits per heavy atom. The Morgan fingerprint density at radius 2 is 1.89 bits per heavy atom. The number of hydrogen-bond acceptors (Lipinski definition) is 5. The van der Waals surface area contributed by atoms with E-state index >= 15 is 0 Å². The quantitative estimate of drug-likeness (QED) is 0.373. The number of hydrogen-bond donors (Lipinski definition) is 2. The summed E-state index contributed by atoms with van der Waals surface area (Å²) in [6, 6.07) is 14.5. The molecule has 0 aliphatic carbocycles. The number of H-pyrrole nitrogens is 1. The van der Waals surface area contributed by atoms with Crippen LogP contribution in [-0.4, -0.2) is 44.7 Å². The van der Waals surface area contributed by atoms with Crippen LogP contribution in [0.4, 0.5) is 19.0 Å². The zero-order valence-corrected chi connectivity index (χ0v) is 19.6. The van der Waals surface area contributed by atoms with Crippen molar-refractivity contribution >= 4 is 22.8 Å². The van der Waals surface area contributed by atoms with E-state index in [4.69, 9.17) is 4.74 Å². The van der Waals surface area contributed by atoms with E-state index in [9.17, 15) is 23.1 Å². The van der Waals surface area contributed by atoms with E-state index in [0.717, 1.165) is 23.5 Å². The molecule has 0 bridgehead atoms. The van der Waals surface area contributed by atoms with E-state index < -0.39 is 29.2 Å². The number of para-hydroxylation sites is 1. The molecule has 1 saturated heterocycles. The highest BCUT2D eigenvalue weighted by Crippen LogP contribution is 2.45. The van der Waals surface area contributed by atoms with E-state index in [-0.39, 0.29) is 0 Å². The largest absolute Gasteiger partial charge is 0.487 e. The van der Waals surface area contributed by atoms with Crippen molar-refractivity contribution in [1.29, 1.82) is 0 Å². The molecule has 4 heterocycles. The van der Waals surface area contributed by atoms with Crippen molar-refractivity contribution < 1.29 is 27.8 Å². The minimum Gasteiger partial charge on any atom is -0.487 e. The number of carboxylic acids is 1. The van der Waals surface area contributed by atoms with Crippen LogP contribution in [-0.2, 0) is 11.0 Å². The number of piperidine rings is 1. The van der Waals surface area contributed by atoms with Crippen molar-refractivity contribution in [2.24, 2.45) is 0 Å². The second-order valence-electron chi connectivity index (χ2n) is 9.63. The number of carboxylic acid groups (broad SMARTS) is 1. The fourth-order valence-corrected chi connectivity index (χ4v) is 5.32. The predicted molar refractivity (Wildman–Crippen MR) is 131 cm³/mol. The average molecular weight is 509 g/mol. The number of halogens is 3. The van der Waals surface area contributed by atoms with Gasteiger partial charge >= 0.3 is 12.1 Å². The Hall–Kier alpha value is -4.08. The second kappa shape index (κ2) is 8.50. The SMILES string of the molecule is O=C(O)C1CC2(CCN(c3ccc(-c4nc5ccc(C(F)(F)F)cc5[nH]4)cn3)CC2)Oc2ccccc21. The van der Waals surface area contributed by atoms with Crippen LogP contribution in [0.2, 0.25) is 0 Å². The molecule has 0 radical (unpaired) electrons. The Kier molecular flexibility index (Phi) is 5.36.